The molecule has 0 atom stereocenters. The minimum Gasteiger partial charge on any atom is -0.471 e. The van der Waals surface area contributed by atoms with Gasteiger partial charge in [0.1, 0.15) is 12.3 Å². The summed E-state index contributed by atoms with van der Waals surface area (Å²) in [6.07, 6.45) is -0.0113. The average molecular weight is 512 g/mol. The Morgan fingerprint density at radius 3 is 2.72 bits per heavy atom. The number of rotatable bonds is 7. The standard InChI is InChI=1S/C21H21BrF3N5O2/c1-12-3-6-16(13(2)7-12)32-11-29-9-15(8-26-29)27-17(31)10-30-19(14-4-5-14)18(22)20(28-30)21(23,24)25/h3,6-9,14H,4-5,10-11H2,1-2H3,(H,27,31). The average Bonchev–Trinajstić information content (AvgIpc) is 3.34. The normalized spacial score (nSPS) is 13.9. The van der Waals surface area contributed by atoms with Crippen LogP contribution in [0.1, 0.15) is 41.3 Å². The molecular formula is C21H21BrF3N5O2. The summed E-state index contributed by atoms with van der Waals surface area (Å²) in [5, 5.41) is 10.4. The topological polar surface area (TPSA) is 74.0 Å². The second kappa shape index (κ2) is 8.61. The molecule has 170 valence electrons. The van der Waals surface area contributed by atoms with Crippen LogP contribution in [-0.2, 0) is 24.2 Å². The molecular weight excluding hydrogens is 491 g/mol. The number of anilines is 1. The van der Waals surface area contributed by atoms with Crippen molar-refractivity contribution in [3.8, 4) is 5.75 Å². The number of amides is 1. The van der Waals surface area contributed by atoms with Crippen molar-refractivity contribution in [2.75, 3.05) is 5.32 Å². The molecule has 2 heterocycles. The largest absolute Gasteiger partial charge is 0.471 e. The summed E-state index contributed by atoms with van der Waals surface area (Å²) in [4.78, 5) is 12.5. The Morgan fingerprint density at radius 2 is 2.06 bits per heavy atom. The van der Waals surface area contributed by atoms with Crippen LogP contribution in [0.4, 0.5) is 18.9 Å². The van der Waals surface area contributed by atoms with E-state index in [1.54, 1.807) is 6.20 Å². The van der Waals surface area contributed by atoms with Gasteiger partial charge in [-0.05, 0) is 54.2 Å². The number of carbonyl (C=O) groups excluding carboxylic acids is 1. The predicted octanol–water partition coefficient (Wildman–Crippen LogP) is 5.03. The maximum absolute atomic E-state index is 13.2. The summed E-state index contributed by atoms with van der Waals surface area (Å²) in [5.74, 6) is 0.213. The zero-order valence-electron chi connectivity index (χ0n) is 17.4. The Bertz CT molecular complexity index is 1150. The summed E-state index contributed by atoms with van der Waals surface area (Å²) >= 11 is 3.02. The Morgan fingerprint density at radius 1 is 1.31 bits per heavy atom. The van der Waals surface area contributed by atoms with Crippen LogP contribution in [-0.4, -0.2) is 25.5 Å². The van der Waals surface area contributed by atoms with Gasteiger partial charge in [0.2, 0.25) is 5.91 Å². The maximum Gasteiger partial charge on any atom is 0.436 e. The van der Waals surface area contributed by atoms with Gasteiger partial charge < -0.3 is 10.1 Å². The highest BCUT2D eigenvalue weighted by atomic mass is 79.9. The molecule has 32 heavy (non-hydrogen) atoms. The van der Waals surface area contributed by atoms with Crippen LogP contribution in [0.2, 0.25) is 0 Å². The zero-order valence-corrected chi connectivity index (χ0v) is 19.0. The monoisotopic (exact) mass is 511 g/mol. The van der Waals surface area contributed by atoms with Crippen molar-refractivity contribution in [3.05, 3.63) is 57.6 Å². The number of hydrogen-bond donors (Lipinski definition) is 1. The van der Waals surface area contributed by atoms with E-state index in [9.17, 15) is 18.0 Å². The summed E-state index contributed by atoms with van der Waals surface area (Å²) in [5.41, 5.74) is 1.94. The number of aryl methyl sites for hydroxylation is 2. The zero-order chi connectivity index (χ0) is 23.0. The molecule has 0 saturated heterocycles. The number of hydrogen-bond acceptors (Lipinski definition) is 4. The van der Waals surface area contributed by atoms with Gasteiger partial charge in [-0.1, -0.05) is 17.7 Å². The summed E-state index contributed by atoms with van der Waals surface area (Å²) < 4.78 is 48.0. The third-order valence-electron chi connectivity index (χ3n) is 5.06. The minimum atomic E-state index is -4.60. The fourth-order valence-corrected chi connectivity index (χ4v) is 4.27. The molecule has 4 rings (SSSR count). The number of benzene rings is 1. The van der Waals surface area contributed by atoms with E-state index in [0.29, 0.717) is 11.4 Å². The lowest BCUT2D eigenvalue weighted by Gasteiger charge is -2.09. The number of aromatic nitrogens is 4. The highest BCUT2D eigenvalue weighted by Crippen LogP contribution is 2.46. The van der Waals surface area contributed by atoms with E-state index in [4.69, 9.17) is 4.74 Å². The van der Waals surface area contributed by atoms with Crippen LogP contribution in [0, 0.1) is 13.8 Å². The van der Waals surface area contributed by atoms with Crippen LogP contribution in [0.15, 0.2) is 35.1 Å². The third kappa shape index (κ3) is 4.98. The Kier molecular flexibility index (Phi) is 6.02. The molecule has 0 spiro atoms. The smallest absolute Gasteiger partial charge is 0.436 e. The predicted molar refractivity (Wildman–Crippen MR) is 114 cm³/mol. The quantitative estimate of drug-likeness (QED) is 0.482. The SMILES string of the molecule is Cc1ccc(OCn2cc(NC(=O)Cn3nc(C(F)(F)F)c(Br)c3C3CC3)cn2)c(C)c1. The first-order valence-electron chi connectivity index (χ1n) is 9.97. The lowest BCUT2D eigenvalue weighted by atomic mass is 10.1. The highest BCUT2D eigenvalue weighted by Gasteiger charge is 2.41. The molecule has 2 aromatic heterocycles. The molecule has 0 aliphatic heterocycles. The van der Waals surface area contributed by atoms with Gasteiger partial charge in [-0.25, -0.2) is 4.68 Å². The maximum atomic E-state index is 13.2. The van der Waals surface area contributed by atoms with Crippen molar-refractivity contribution < 1.29 is 22.7 Å². The second-order valence-corrected chi connectivity index (χ2v) is 8.63. The Labute approximate surface area is 190 Å². The van der Waals surface area contributed by atoms with Crippen molar-refractivity contribution in [3.63, 3.8) is 0 Å². The van der Waals surface area contributed by atoms with Gasteiger partial charge in [0, 0.05) is 5.92 Å². The van der Waals surface area contributed by atoms with Crippen molar-refractivity contribution >= 4 is 27.5 Å². The van der Waals surface area contributed by atoms with Crippen molar-refractivity contribution in [2.24, 2.45) is 0 Å². The van der Waals surface area contributed by atoms with Gasteiger partial charge in [-0.15, -0.1) is 0 Å². The third-order valence-corrected chi connectivity index (χ3v) is 5.84. The molecule has 7 nitrogen and oxygen atoms in total. The molecule has 1 aromatic carbocycles. The number of halogens is 4. The number of ether oxygens (including phenoxy) is 1. The molecule has 11 heteroatoms. The molecule has 0 radical (unpaired) electrons. The fourth-order valence-electron chi connectivity index (χ4n) is 3.43. The van der Waals surface area contributed by atoms with Crippen molar-refractivity contribution in [2.45, 2.75) is 52.1 Å². The van der Waals surface area contributed by atoms with E-state index < -0.39 is 17.8 Å². The first kappa shape index (κ1) is 22.4. The summed E-state index contributed by atoms with van der Waals surface area (Å²) in [6, 6.07) is 5.84. The lowest BCUT2D eigenvalue weighted by molar-refractivity contribution is -0.142. The molecule has 1 saturated carbocycles. The molecule has 0 bridgehead atoms. The van der Waals surface area contributed by atoms with E-state index in [1.165, 1.54) is 10.9 Å². The first-order valence-corrected chi connectivity index (χ1v) is 10.8. The van der Waals surface area contributed by atoms with Crippen LogP contribution >= 0.6 is 15.9 Å². The fraction of sp³-hybridized carbons (Fsp3) is 0.381. The molecule has 1 N–H and O–H groups in total. The van der Waals surface area contributed by atoms with E-state index in [0.717, 1.165) is 34.4 Å². The minimum absolute atomic E-state index is 0.0223. The van der Waals surface area contributed by atoms with Gasteiger partial charge in [0.15, 0.2) is 12.4 Å². The van der Waals surface area contributed by atoms with E-state index in [1.807, 2.05) is 32.0 Å². The van der Waals surface area contributed by atoms with E-state index in [-0.39, 0.29) is 23.7 Å². The van der Waals surface area contributed by atoms with Crippen LogP contribution in [0.25, 0.3) is 0 Å². The molecule has 1 aliphatic rings. The molecule has 1 aliphatic carbocycles. The first-order chi connectivity index (χ1) is 15.1. The summed E-state index contributed by atoms with van der Waals surface area (Å²) in [6.45, 7) is 3.76. The van der Waals surface area contributed by atoms with Gasteiger partial charge in [0.05, 0.1) is 28.2 Å². The second-order valence-electron chi connectivity index (χ2n) is 7.84. The van der Waals surface area contributed by atoms with Crippen LogP contribution in [0.3, 0.4) is 0 Å². The number of nitrogens with zero attached hydrogens (tertiary/aromatic N) is 4. The van der Waals surface area contributed by atoms with E-state index in [2.05, 4.69) is 31.4 Å². The number of carbonyl (C=O) groups is 1. The van der Waals surface area contributed by atoms with Crippen LogP contribution in [0.5, 0.6) is 5.75 Å². The van der Waals surface area contributed by atoms with Crippen molar-refractivity contribution in [1.29, 1.82) is 0 Å². The molecule has 1 amide bonds. The van der Waals surface area contributed by atoms with E-state index >= 15 is 0 Å². The number of alkyl halides is 3. The van der Waals surface area contributed by atoms with Gasteiger partial charge in [0.25, 0.3) is 0 Å². The van der Waals surface area contributed by atoms with Crippen molar-refractivity contribution in [1.82, 2.24) is 19.6 Å². The summed E-state index contributed by atoms with van der Waals surface area (Å²) in [7, 11) is 0. The molecule has 0 unspecified atom stereocenters. The molecule has 3 aromatic rings. The Balaban J connectivity index is 1.40. The lowest BCUT2D eigenvalue weighted by Crippen LogP contribution is -2.21. The molecule has 1 fully saturated rings. The van der Waals surface area contributed by atoms with Crippen LogP contribution < -0.4 is 10.1 Å². The highest BCUT2D eigenvalue weighted by molar-refractivity contribution is 9.10. The van der Waals surface area contributed by atoms with Gasteiger partial charge in [-0.2, -0.15) is 23.4 Å². The van der Waals surface area contributed by atoms with Gasteiger partial charge >= 0.3 is 6.18 Å². The Hall–Kier alpha value is -2.82. The number of nitrogens with one attached hydrogen (secondary N) is 1. The van der Waals surface area contributed by atoms with Gasteiger partial charge in [-0.3, -0.25) is 9.48 Å².